The fraction of sp³-hybridized carbons (Fsp3) is 0.417. The van der Waals surface area contributed by atoms with Gasteiger partial charge in [0.2, 0.25) is 5.78 Å². The van der Waals surface area contributed by atoms with Gasteiger partial charge in [0.1, 0.15) is 0 Å². The normalized spacial score (nSPS) is 9.88. The first-order chi connectivity index (χ1) is 7.63. The van der Waals surface area contributed by atoms with E-state index in [2.05, 4.69) is 9.72 Å². The SMILES string of the molecule is CCOC(=O)C(=O)CCc1ccc(C)cn1. The zero-order valence-corrected chi connectivity index (χ0v) is 9.53. The summed E-state index contributed by atoms with van der Waals surface area (Å²) >= 11 is 0. The third kappa shape index (κ3) is 3.81. The first kappa shape index (κ1) is 12.4. The molecule has 0 bridgehead atoms. The van der Waals surface area contributed by atoms with Crippen LogP contribution >= 0.6 is 0 Å². The van der Waals surface area contributed by atoms with Gasteiger partial charge in [-0.1, -0.05) is 6.07 Å². The van der Waals surface area contributed by atoms with E-state index in [4.69, 9.17) is 0 Å². The van der Waals surface area contributed by atoms with Gasteiger partial charge >= 0.3 is 5.97 Å². The molecule has 16 heavy (non-hydrogen) atoms. The first-order valence-electron chi connectivity index (χ1n) is 5.25. The van der Waals surface area contributed by atoms with Crippen LogP contribution in [-0.2, 0) is 20.7 Å². The van der Waals surface area contributed by atoms with Crippen molar-refractivity contribution in [3.8, 4) is 0 Å². The van der Waals surface area contributed by atoms with Crippen molar-refractivity contribution in [2.75, 3.05) is 6.61 Å². The molecule has 4 nitrogen and oxygen atoms in total. The van der Waals surface area contributed by atoms with Gasteiger partial charge in [-0.25, -0.2) is 4.79 Å². The molecule has 1 heterocycles. The Morgan fingerprint density at radius 2 is 2.12 bits per heavy atom. The van der Waals surface area contributed by atoms with Crippen molar-refractivity contribution in [1.82, 2.24) is 4.98 Å². The summed E-state index contributed by atoms with van der Waals surface area (Å²) in [6.07, 6.45) is 2.36. The number of aryl methyl sites for hydroxylation is 2. The molecule has 4 heteroatoms. The standard InChI is InChI=1S/C12H15NO3/c1-3-16-12(15)11(14)7-6-10-5-4-9(2)8-13-10/h4-5,8H,3,6-7H2,1-2H3. The third-order valence-corrected chi connectivity index (χ3v) is 2.08. The summed E-state index contributed by atoms with van der Waals surface area (Å²) in [7, 11) is 0. The molecule has 0 atom stereocenters. The number of pyridine rings is 1. The number of carbonyl (C=O) groups excluding carboxylic acids is 2. The topological polar surface area (TPSA) is 56.3 Å². The van der Waals surface area contributed by atoms with Crippen molar-refractivity contribution < 1.29 is 14.3 Å². The number of Topliss-reactive ketones (excluding diaryl/α,β-unsaturated/α-hetero) is 1. The second-order valence-electron chi connectivity index (χ2n) is 3.47. The molecular weight excluding hydrogens is 206 g/mol. The molecule has 0 saturated heterocycles. The average Bonchev–Trinajstić information content (AvgIpc) is 2.28. The van der Waals surface area contributed by atoms with Crippen LogP contribution in [0.4, 0.5) is 0 Å². The molecule has 0 amide bonds. The van der Waals surface area contributed by atoms with E-state index in [0.717, 1.165) is 11.3 Å². The maximum Gasteiger partial charge on any atom is 0.374 e. The number of hydrogen-bond acceptors (Lipinski definition) is 4. The highest BCUT2D eigenvalue weighted by molar-refractivity contribution is 6.33. The van der Waals surface area contributed by atoms with Crippen LogP contribution in [-0.4, -0.2) is 23.3 Å². The van der Waals surface area contributed by atoms with Crippen LogP contribution in [0.1, 0.15) is 24.6 Å². The number of ketones is 1. The molecule has 0 radical (unpaired) electrons. The smallest absolute Gasteiger partial charge is 0.374 e. The Labute approximate surface area is 94.6 Å². The fourth-order valence-corrected chi connectivity index (χ4v) is 1.20. The molecule has 0 unspecified atom stereocenters. The van der Waals surface area contributed by atoms with E-state index in [0.29, 0.717) is 6.42 Å². The minimum atomic E-state index is -0.755. The van der Waals surface area contributed by atoms with Gasteiger partial charge in [-0.05, 0) is 31.9 Å². The Hall–Kier alpha value is -1.71. The molecule has 0 aliphatic rings. The maximum atomic E-state index is 11.3. The summed E-state index contributed by atoms with van der Waals surface area (Å²) in [5.74, 6) is -1.25. The lowest BCUT2D eigenvalue weighted by Crippen LogP contribution is -2.17. The molecule has 0 saturated carbocycles. The lowest BCUT2D eigenvalue weighted by atomic mass is 10.1. The van der Waals surface area contributed by atoms with Crippen molar-refractivity contribution in [2.24, 2.45) is 0 Å². The largest absolute Gasteiger partial charge is 0.460 e. The Morgan fingerprint density at radius 1 is 1.38 bits per heavy atom. The lowest BCUT2D eigenvalue weighted by molar-refractivity contribution is -0.153. The van der Waals surface area contributed by atoms with Gasteiger partial charge in [0, 0.05) is 18.3 Å². The Bertz CT molecular complexity index is 370. The maximum absolute atomic E-state index is 11.3. The molecule has 1 aromatic rings. The van der Waals surface area contributed by atoms with Crippen LogP contribution in [0.3, 0.4) is 0 Å². The Morgan fingerprint density at radius 3 is 2.69 bits per heavy atom. The number of ether oxygens (including phenoxy) is 1. The van der Waals surface area contributed by atoms with Crippen LogP contribution in [0.2, 0.25) is 0 Å². The molecule has 1 aromatic heterocycles. The second-order valence-corrected chi connectivity index (χ2v) is 3.47. The van der Waals surface area contributed by atoms with Gasteiger partial charge in [-0.2, -0.15) is 0 Å². The van der Waals surface area contributed by atoms with E-state index >= 15 is 0 Å². The number of nitrogens with zero attached hydrogens (tertiary/aromatic N) is 1. The van der Waals surface area contributed by atoms with Crippen LogP contribution in [0.25, 0.3) is 0 Å². The first-order valence-corrected chi connectivity index (χ1v) is 5.25. The number of carbonyl (C=O) groups is 2. The minimum Gasteiger partial charge on any atom is -0.460 e. The van der Waals surface area contributed by atoms with Crippen molar-refractivity contribution in [3.63, 3.8) is 0 Å². The molecule has 0 aliphatic carbocycles. The molecule has 0 N–H and O–H groups in total. The van der Waals surface area contributed by atoms with Gasteiger partial charge in [0.15, 0.2) is 0 Å². The predicted octanol–water partition coefficient (Wildman–Crippen LogP) is 1.45. The third-order valence-electron chi connectivity index (χ3n) is 2.08. The molecule has 0 fully saturated rings. The molecule has 0 aliphatic heterocycles. The lowest BCUT2D eigenvalue weighted by Gasteiger charge is -2.01. The number of rotatable bonds is 5. The quantitative estimate of drug-likeness (QED) is 0.558. The van der Waals surface area contributed by atoms with Gasteiger partial charge in [-0.3, -0.25) is 9.78 Å². The Kier molecular flexibility index (Phi) is 4.64. The van der Waals surface area contributed by atoms with E-state index in [1.54, 1.807) is 13.1 Å². The summed E-state index contributed by atoms with van der Waals surface area (Å²) in [6, 6.07) is 3.78. The van der Waals surface area contributed by atoms with Gasteiger partial charge in [-0.15, -0.1) is 0 Å². The number of aromatic nitrogens is 1. The fourth-order valence-electron chi connectivity index (χ4n) is 1.20. The Balaban J connectivity index is 2.42. The van der Waals surface area contributed by atoms with E-state index in [1.807, 2.05) is 19.1 Å². The summed E-state index contributed by atoms with van der Waals surface area (Å²) in [6.45, 7) is 3.85. The molecule has 86 valence electrons. The van der Waals surface area contributed by atoms with Crippen molar-refractivity contribution in [2.45, 2.75) is 26.7 Å². The highest BCUT2D eigenvalue weighted by Crippen LogP contribution is 2.02. The monoisotopic (exact) mass is 221 g/mol. The molecule has 1 rings (SSSR count). The van der Waals surface area contributed by atoms with E-state index < -0.39 is 11.8 Å². The second kappa shape index (κ2) is 6.00. The van der Waals surface area contributed by atoms with E-state index in [1.165, 1.54) is 0 Å². The van der Waals surface area contributed by atoms with E-state index in [9.17, 15) is 9.59 Å². The van der Waals surface area contributed by atoms with Crippen molar-refractivity contribution in [3.05, 3.63) is 29.6 Å². The predicted molar refractivity (Wildman–Crippen MR) is 58.9 cm³/mol. The summed E-state index contributed by atoms with van der Waals surface area (Å²) in [5, 5.41) is 0. The highest BCUT2D eigenvalue weighted by Gasteiger charge is 2.14. The highest BCUT2D eigenvalue weighted by atomic mass is 16.5. The van der Waals surface area contributed by atoms with E-state index in [-0.39, 0.29) is 13.0 Å². The summed E-state index contributed by atoms with van der Waals surface area (Å²) < 4.78 is 4.60. The molecule has 0 aromatic carbocycles. The zero-order valence-electron chi connectivity index (χ0n) is 9.53. The van der Waals surface area contributed by atoms with Gasteiger partial charge in [0.25, 0.3) is 0 Å². The minimum absolute atomic E-state index is 0.148. The average molecular weight is 221 g/mol. The van der Waals surface area contributed by atoms with Gasteiger partial charge < -0.3 is 4.74 Å². The summed E-state index contributed by atoms with van der Waals surface area (Å²) in [4.78, 5) is 26.4. The van der Waals surface area contributed by atoms with Crippen molar-refractivity contribution in [1.29, 1.82) is 0 Å². The van der Waals surface area contributed by atoms with Crippen LogP contribution < -0.4 is 0 Å². The van der Waals surface area contributed by atoms with Crippen LogP contribution in [0, 0.1) is 6.92 Å². The number of esters is 1. The molecule has 0 spiro atoms. The molecular formula is C12H15NO3. The van der Waals surface area contributed by atoms with Gasteiger partial charge in [0.05, 0.1) is 6.61 Å². The van der Waals surface area contributed by atoms with Crippen molar-refractivity contribution >= 4 is 11.8 Å². The zero-order chi connectivity index (χ0) is 12.0. The van der Waals surface area contributed by atoms with Crippen LogP contribution in [0.5, 0.6) is 0 Å². The summed E-state index contributed by atoms with van der Waals surface area (Å²) in [5.41, 5.74) is 1.88. The number of hydrogen-bond donors (Lipinski definition) is 0. The van der Waals surface area contributed by atoms with Crippen LogP contribution in [0.15, 0.2) is 18.3 Å².